The van der Waals surface area contributed by atoms with Crippen molar-refractivity contribution >= 4 is 5.97 Å². The Morgan fingerprint density at radius 3 is 2.58 bits per heavy atom. The van der Waals surface area contributed by atoms with Crippen molar-refractivity contribution < 1.29 is 19.0 Å². The fraction of sp³-hybridized carbons (Fsp3) is 0.409. The average molecular weight is 354 g/mol. The van der Waals surface area contributed by atoms with Gasteiger partial charge in [-0.3, -0.25) is 4.79 Å². The number of carbonyl (C=O) groups is 1. The van der Waals surface area contributed by atoms with Gasteiger partial charge in [0.25, 0.3) is 0 Å². The number of methoxy groups -OCH3 is 2. The molecular formula is C22H26O4. The molecule has 4 heteroatoms. The maximum atomic E-state index is 12.5. The normalized spacial score (nSPS) is 16.1. The maximum Gasteiger partial charge on any atom is 0.312 e. The highest BCUT2D eigenvalue weighted by Crippen LogP contribution is 2.37. The second-order valence-electron chi connectivity index (χ2n) is 6.97. The summed E-state index contributed by atoms with van der Waals surface area (Å²) in [6.45, 7) is 3.27. The van der Waals surface area contributed by atoms with Gasteiger partial charge in [-0.15, -0.1) is 0 Å². The minimum absolute atomic E-state index is 0.140. The van der Waals surface area contributed by atoms with Gasteiger partial charge in [-0.25, -0.2) is 0 Å². The lowest BCUT2D eigenvalue weighted by Gasteiger charge is -2.34. The molecule has 0 bridgehead atoms. The molecule has 1 aliphatic heterocycles. The summed E-state index contributed by atoms with van der Waals surface area (Å²) < 4.78 is 16.1. The average Bonchev–Trinajstić information content (AvgIpc) is 2.68. The summed E-state index contributed by atoms with van der Waals surface area (Å²) in [6, 6.07) is 14.5. The molecule has 26 heavy (non-hydrogen) atoms. The summed E-state index contributed by atoms with van der Waals surface area (Å²) >= 11 is 0. The van der Waals surface area contributed by atoms with Crippen LogP contribution in [0.2, 0.25) is 0 Å². The van der Waals surface area contributed by atoms with E-state index in [1.54, 1.807) is 7.11 Å². The van der Waals surface area contributed by atoms with Crippen molar-refractivity contribution in [3.05, 3.63) is 53.6 Å². The van der Waals surface area contributed by atoms with E-state index in [2.05, 4.69) is 31.2 Å². The molecule has 4 nitrogen and oxygen atoms in total. The van der Waals surface area contributed by atoms with Crippen molar-refractivity contribution in [1.82, 2.24) is 0 Å². The van der Waals surface area contributed by atoms with Crippen LogP contribution in [0.25, 0.3) is 11.1 Å². The van der Waals surface area contributed by atoms with Crippen LogP contribution in [0, 0.1) is 12.3 Å². The lowest BCUT2D eigenvalue weighted by Crippen LogP contribution is -2.40. The number of rotatable bonds is 5. The van der Waals surface area contributed by atoms with Gasteiger partial charge in [0.1, 0.15) is 5.75 Å². The number of hydrogen-bond acceptors (Lipinski definition) is 4. The SMILES string of the molecule is COC(=O)C1(Cc2cccc(-c3cc(C)ccc3OC)c2)CCOCC1. The minimum Gasteiger partial charge on any atom is -0.496 e. The molecule has 0 radical (unpaired) electrons. The first-order valence-electron chi connectivity index (χ1n) is 8.98. The molecule has 0 spiro atoms. The third-order valence-corrected chi connectivity index (χ3v) is 5.20. The highest BCUT2D eigenvalue weighted by Gasteiger charge is 2.41. The quantitative estimate of drug-likeness (QED) is 0.756. The molecule has 138 valence electrons. The first-order valence-corrected chi connectivity index (χ1v) is 8.98. The number of esters is 1. The van der Waals surface area contributed by atoms with E-state index in [1.807, 2.05) is 18.2 Å². The Hall–Kier alpha value is -2.33. The van der Waals surface area contributed by atoms with E-state index in [9.17, 15) is 4.79 Å². The van der Waals surface area contributed by atoms with Gasteiger partial charge in [0.2, 0.25) is 0 Å². The smallest absolute Gasteiger partial charge is 0.312 e. The zero-order chi connectivity index (χ0) is 18.6. The van der Waals surface area contributed by atoms with Crippen molar-refractivity contribution in [3.8, 4) is 16.9 Å². The number of carbonyl (C=O) groups excluding carboxylic acids is 1. The van der Waals surface area contributed by atoms with Crippen LogP contribution in [-0.2, 0) is 20.7 Å². The second kappa shape index (κ2) is 7.92. The minimum atomic E-state index is -0.498. The highest BCUT2D eigenvalue weighted by molar-refractivity contribution is 5.78. The van der Waals surface area contributed by atoms with Gasteiger partial charge >= 0.3 is 5.97 Å². The Morgan fingerprint density at radius 1 is 1.12 bits per heavy atom. The van der Waals surface area contributed by atoms with E-state index in [-0.39, 0.29) is 5.97 Å². The topological polar surface area (TPSA) is 44.8 Å². The molecule has 0 N–H and O–H groups in total. The number of aryl methyl sites for hydroxylation is 1. The third-order valence-electron chi connectivity index (χ3n) is 5.20. The Balaban J connectivity index is 1.94. The molecule has 0 aromatic heterocycles. The molecule has 0 aliphatic carbocycles. The number of benzene rings is 2. The fourth-order valence-corrected chi connectivity index (χ4v) is 3.72. The molecule has 1 heterocycles. The van der Waals surface area contributed by atoms with E-state index >= 15 is 0 Å². The molecule has 1 saturated heterocycles. The van der Waals surface area contributed by atoms with Crippen LogP contribution in [0.1, 0.15) is 24.0 Å². The van der Waals surface area contributed by atoms with E-state index in [1.165, 1.54) is 12.7 Å². The first-order chi connectivity index (χ1) is 12.6. The lowest BCUT2D eigenvalue weighted by atomic mass is 9.75. The summed E-state index contributed by atoms with van der Waals surface area (Å²) in [5.74, 6) is 0.709. The van der Waals surface area contributed by atoms with Crippen molar-refractivity contribution in [2.24, 2.45) is 5.41 Å². The van der Waals surface area contributed by atoms with Crippen LogP contribution in [0.4, 0.5) is 0 Å². The largest absolute Gasteiger partial charge is 0.496 e. The lowest BCUT2D eigenvalue weighted by molar-refractivity contribution is -0.158. The Morgan fingerprint density at radius 2 is 1.88 bits per heavy atom. The van der Waals surface area contributed by atoms with Gasteiger partial charge in [0, 0.05) is 18.8 Å². The van der Waals surface area contributed by atoms with Gasteiger partial charge in [-0.2, -0.15) is 0 Å². The summed E-state index contributed by atoms with van der Waals surface area (Å²) in [4.78, 5) is 12.5. The van der Waals surface area contributed by atoms with Crippen molar-refractivity contribution in [2.45, 2.75) is 26.2 Å². The van der Waals surface area contributed by atoms with Crippen LogP contribution < -0.4 is 4.74 Å². The zero-order valence-corrected chi connectivity index (χ0v) is 15.7. The van der Waals surface area contributed by atoms with E-state index in [0.29, 0.717) is 32.5 Å². The van der Waals surface area contributed by atoms with Gasteiger partial charge in [0.15, 0.2) is 0 Å². The monoisotopic (exact) mass is 354 g/mol. The van der Waals surface area contributed by atoms with Gasteiger partial charge < -0.3 is 14.2 Å². The molecule has 0 saturated carbocycles. The molecule has 0 unspecified atom stereocenters. The zero-order valence-electron chi connectivity index (χ0n) is 15.7. The molecular weight excluding hydrogens is 328 g/mol. The molecule has 1 fully saturated rings. The number of hydrogen-bond donors (Lipinski definition) is 0. The molecule has 3 rings (SSSR count). The summed E-state index contributed by atoms with van der Waals surface area (Å²) in [5.41, 5.74) is 3.96. The van der Waals surface area contributed by atoms with E-state index < -0.39 is 5.41 Å². The van der Waals surface area contributed by atoms with Crippen LogP contribution in [0.3, 0.4) is 0 Å². The Bertz CT molecular complexity index is 775. The van der Waals surface area contributed by atoms with Gasteiger partial charge in [-0.05, 0) is 49.4 Å². The second-order valence-corrected chi connectivity index (χ2v) is 6.97. The highest BCUT2D eigenvalue weighted by atomic mass is 16.5. The predicted octanol–water partition coefficient (Wildman–Crippen LogP) is 4.18. The fourth-order valence-electron chi connectivity index (χ4n) is 3.72. The summed E-state index contributed by atoms with van der Waals surface area (Å²) in [5, 5.41) is 0. The predicted molar refractivity (Wildman–Crippen MR) is 101 cm³/mol. The van der Waals surface area contributed by atoms with E-state index in [0.717, 1.165) is 22.4 Å². The molecule has 0 atom stereocenters. The van der Waals surface area contributed by atoms with Crippen LogP contribution in [0.5, 0.6) is 5.75 Å². The van der Waals surface area contributed by atoms with Gasteiger partial charge in [-0.1, -0.05) is 35.9 Å². The molecule has 0 amide bonds. The first kappa shape index (κ1) is 18.5. The summed E-state index contributed by atoms with van der Waals surface area (Å²) in [7, 11) is 3.15. The van der Waals surface area contributed by atoms with Crippen LogP contribution in [0.15, 0.2) is 42.5 Å². The Labute approximate surface area is 155 Å². The standard InChI is InChI=1S/C22H26O4/c1-16-7-8-20(24-2)19(13-16)18-6-4-5-17(14-18)15-22(21(23)25-3)9-11-26-12-10-22/h4-8,13-14H,9-12,15H2,1-3H3. The Kier molecular flexibility index (Phi) is 5.62. The molecule has 1 aliphatic rings. The van der Waals surface area contributed by atoms with Crippen LogP contribution >= 0.6 is 0 Å². The molecule has 2 aromatic rings. The van der Waals surface area contributed by atoms with E-state index in [4.69, 9.17) is 14.2 Å². The maximum absolute atomic E-state index is 12.5. The van der Waals surface area contributed by atoms with Crippen LogP contribution in [-0.4, -0.2) is 33.4 Å². The van der Waals surface area contributed by atoms with Gasteiger partial charge in [0.05, 0.1) is 19.6 Å². The van der Waals surface area contributed by atoms with Crippen molar-refractivity contribution in [1.29, 1.82) is 0 Å². The molecule has 2 aromatic carbocycles. The third kappa shape index (κ3) is 3.75. The van der Waals surface area contributed by atoms with Crippen molar-refractivity contribution in [2.75, 3.05) is 27.4 Å². The number of ether oxygens (including phenoxy) is 3. The van der Waals surface area contributed by atoms with Crippen molar-refractivity contribution in [3.63, 3.8) is 0 Å². The summed E-state index contributed by atoms with van der Waals surface area (Å²) in [6.07, 6.45) is 2.04.